The Morgan fingerprint density at radius 2 is 1.92 bits per heavy atom. The van der Waals surface area contributed by atoms with Crippen LogP contribution in [-0.2, 0) is 0 Å². The average Bonchev–Trinajstić information content (AvgIpc) is 2.05. The van der Waals surface area contributed by atoms with Crippen LogP contribution in [0.5, 0.6) is 0 Å². The van der Waals surface area contributed by atoms with Gasteiger partial charge >= 0.3 is 0 Å². The van der Waals surface area contributed by atoms with Crippen molar-refractivity contribution in [3.05, 3.63) is 12.7 Å². The minimum absolute atomic E-state index is 0.479. The molecule has 2 nitrogen and oxygen atoms in total. The van der Waals surface area contributed by atoms with E-state index in [1.54, 1.807) is 6.08 Å². The normalized spacial score (nSPS) is 15.6. The molecule has 0 saturated heterocycles. The van der Waals surface area contributed by atoms with Crippen LogP contribution < -0.4 is 0 Å². The van der Waals surface area contributed by atoms with Crippen LogP contribution in [0, 0.1) is 0 Å². The van der Waals surface area contributed by atoms with Crippen molar-refractivity contribution in [2.45, 2.75) is 51.2 Å². The third kappa shape index (κ3) is 5.33. The van der Waals surface area contributed by atoms with Crippen molar-refractivity contribution >= 4 is 0 Å². The zero-order valence-corrected chi connectivity index (χ0v) is 7.87. The van der Waals surface area contributed by atoms with Crippen LogP contribution in [0.4, 0.5) is 0 Å². The van der Waals surface area contributed by atoms with Gasteiger partial charge in [-0.05, 0) is 12.8 Å². The fourth-order valence-electron chi connectivity index (χ4n) is 1.12. The van der Waals surface area contributed by atoms with Crippen LogP contribution in [-0.4, -0.2) is 22.4 Å². The molecule has 72 valence electrons. The molecule has 2 N–H and O–H groups in total. The molecule has 0 fully saturated rings. The summed E-state index contributed by atoms with van der Waals surface area (Å²) in [6.45, 7) is 5.63. The fraction of sp³-hybridized carbons (Fsp3) is 0.800. The van der Waals surface area contributed by atoms with E-state index in [2.05, 4.69) is 13.5 Å². The molecule has 0 aliphatic heterocycles. The van der Waals surface area contributed by atoms with Gasteiger partial charge in [-0.3, -0.25) is 0 Å². The lowest BCUT2D eigenvalue weighted by atomic mass is 10.0. The lowest BCUT2D eigenvalue weighted by molar-refractivity contribution is 0.0154. The van der Waals surface area contributed by atoms with Crippen molar-refractivity contribution < 1.29 is 10.2 Å². The molecule has 0 amide bonds. The summed E-state index contributed by atoms with van der Waals surface area (Å²) in [7, 11) is 0. The molecule has 0 aromatic carbocycles. The predicted octanol–water partition coefficient (Wildman–Crippen LogP) is 1.86. The summed E-state index contributed by atoms with van der Waals surface area (Å²) >= 11 is 0. The highest BCUT2D eigenvalue weighted by Gasteiger charge is 2.13. The third-order valence-corrected chi connectivity index (χ3v) is 1.96. The Bertz CT molecular complexity index is 112. The first kappa shape index (κ1) is 11.7. The molecule has 0 rings (SSSR count). The van der Waals surface area contributed by atoms with E-state index in [1.807, 2.05) is 0 Å². The number of unbranched alkanes of at least 4 members (excludes halogenated alkanes) is 2. The van der Waals surface area contributed by atoms with Crippen molar-refractivity contribution in [2.24, 2.45) is 0 Å². The molecule has 2 atom stereocenters. The monoisotopic (exact) mass is 172 g/mol. The van der Waals surface area contributed by atoms with Gasteiger partial charge in [-0.25, -0.2) is 0 Å². The largest absolute Gasteiger partial charge is 0.390 e. The van der Waals surface area contributed by atoms with Gasteiger partial charge in [-0.2, -0.15) is 0 Å². The zero-order chi connectivity index (χ0) is 9.40. The topological polar surface area (TPSA) is 40.5 Å². The summed E-state index contributed by atoms with van der Waals surface area (Å²) in [6.07, 6.45) is 4.87. The predicted molar refractivity (Wildman–Crippen MR) is 51.0 cm³/mol. The van der Waals surface area contributed by atoms with Gasteiger partial charge in [0.15, 0.2) is 0 Å². The Kier molecular flexibility index (Phi) is 7.11. The van der Waals surface area contributed by atoms with Gasteiger partial charge in [0.1, 0.15) is 0 Å². The molecule has 0 saturated carbocycles. The smallest absolute Gasteiger partial charge is 0.0833 e. The third-order valence-electron chi connectivity index (χ3n) is 1.96. The van der Waals surface area contributed by atoms with Crippen molar-refractivity contribution in [1.29, 1.82) is 0 Å². The van der Waals surface area contributed by atoms with E-state index in [4.69, 9.17) is 0 Å². The molecule has 0 aromatic heterocycles. The first-order valence-electron chi connectivity index (χ1n) is 4.69. The van der Waals surface area contributed by atoms with Crippen LogP contribution in [0.25, 0.3) is 0 Å². The van der Waals surface area contributed by atoms with E-state index in [1.165, 1.54) is 0 Å². The summed E-state index contributed by atoms with van der Waals surface area (Å²) in [5.74, 6) is 0. The van der Waals surface area contributed by atoms with E-state index in [0.29, 0.717) is 12.8 Å². The SMILES string of the molecule is C=CCC(O)C(O)CCCCC. The lowest BCUT2D eigenvalue weighted by Crippen LogP contribution is -2.24. The van der Waals surface area contributed by atoms with Crippen molar-refractivity contribution in [1.82, 2.24) is 0 Å². The highest BCUT2D eigenvalue weighted by molar-refractivity contribution is 4.77. The van der Waals surface area contributed by atoms with Gasteiger partial charge < -0.3 is 10.2 Å². The molecule has 0 aromatic rings. The maximum atomic E-state index is 9.38. The Morgan fingerprint density at radius 1 is 1.25 bits per heavy atom. The Labute approximate surface area is 74.9 Å². The quantitative estimate of drug-likeness (QED) is 0.454. The minimum atomic E-state index is -0.626. The van der Waals surface area contributed by atoms with Crippen molar-refractivity contribution in [3.63, 3.8) is 0 Å². The molecule has 0 radical (unpaired) electrons. The standard InChI is InChI=1S/C10H20O2/c1-3-5-6-8-10(12)9(11)7-4-2/h4,9-12H,2-3,5-8H2,1H3. The molecule has 0 aliphatic carbocycles. The molecule has 2 unspecified atom stereocenters. The summed E-state index contributed by atoms with van der Waals surface area (Å²) in [5.41, 5.74) is 0. The maximum absolute atomic E-state index is 9.38. The summed E-state index contributed by atoms with van der Waals surface area (Å²) in [6, 6.07) is 0. The number of rotatable bonds is 7. The highest BCUT2D eigenvalue weighted by atomic mass is 16.3. The Hall–Kier alpha value is -0.340. The van der Waals surface area contributed by atoms with E-state index in [-0.39, 0.29) is 0 Å². The van der Waals surface area contributed by atoms with E-state index >= 15 is 0 Å². The Morgan fingerprint density at radius 3 is 2.42 bits per heavy atom. The molecule has 0 heterocycles. The summed E-state index contributed by atoms with van der Waals surface area (Å²) in [4.78, 5) is 0. The van der Waals surface area contributed by atoms with Gasteiger partial charge in [0.05, 0.1) is 12.2 Å². The van der Waals surface area contributed by atoms with Crippen molar-refractivity contribution in [3.8, 4) is 0 Å². The second-order valence-electron chi connectivity index (χ2n) is 3.15. The molecular formula is C10H20O2. The molecule has 2 heteroatoms. The van der Waals surface area contributed by atoms with Crippen LogP contribution in [0.1, 0.15) is 39.0 Å². The minimum Gasteiger partial charge on any atom is -0.390 e. The molecule has 0 bridgehead atoms. The van der Waals surface area contributed by atoms with E-state index in [9.17, 15) is 10.2 Å². The molecule has 12 heavy (non-hydrogen) atoms. The highest BCUT2D eigenvalue weighted by Crippen LogP contribution is 2.09. The number of aliphatic hydroxyl groups excluding tert-OH is 2. The average molecular weight is 172 g/mol. The maximum Gasteiger partial charge on any atom is 0.0833 e. The van der Waals surface area contributed by atoms with Crippen molar-refractivity contribution in [2.75, 3.05) is 0 Å². The summed E-state index contributed by atoms with van der Waals surface area (Å²) < 4.78 is 0. The van der Waals surface area contributed by atoms with Gasteiger partial charge in [0.25, 0.3) is 0 Å². The zero-order valence-electron chi connectivity index (χ0n) is 7.87. The van der Waals surface area contributed by atoms with E-state index < -0.39 is 12.2 Å². The van der Waals surface area contributed by atoms with Crippen LogP contribution in [0.3, 0.4) is 0 Å². The van der Waals surface area contributed by atoms with Crippen LogP contribution >= 0.6 is 0 Å². The first-order valence-corrected chi connectivity index (χ1v) is 4.69. The second-order valence-corrected chi connectivity index (χ2v) is 3.15. The first-order chi connectivity index (χ1) is 5.72. The number of hydrogen-bond donors (Lipinski definition) is 2. The van der Waals surface area contributed by atoms with Crippen LogP contribution in [0.2, 0.25) is 0 Å². The fourth-order valence-corrected chi connectivity index (χ4v) is 1.12. The molecule has 0 aliphatic rings. The number of hydrogen-bond acceptors (Lipinski definition) is 2. The van der Waals surface area contributed by atoms with Gasteiger partial charge in [0.2, 0.25) is 0 Å². The van der Waals surface area contributed by atoms with Gasteiger partial charge in [0, 0.05) is 0 Å². The molecule has 0 spiro atoms. The lowest BCUT2D eigenvalue weighted by Gasteiger charge is -2.15. The second kappa shape index (κ2) is 7.32. The number of aliphatic hydroxyl groups is 2. The summed E-state index contributed by atoms with van der Waals surface area (Å²) in [5, 5.41) is 18.7. The van der Waals surface area contributed by atoms with Gasteiger partial charge in [-0.1, -0.05) is 32.3 Å². The van der Waals surface area contributed by atoms with Gasteiger partial charge in [-0.15, -0.1) is 6.58 Å². The Balaban J connectivity index is 3.41. The van der Waals surface area contributed by atoms with Crippen LogP contribution in [0.15, 0.2) is 12.7 Å². The van der Waals surface area contributed by atoms with E-state index in [0.717, 1.165) is 19.3 Å². The molecular weight excluding hydrogens is 152 g/mol.